The first-order chi connectivity index (χ1) is 6.07. The summed E-state index contributed by atoms with van der Waals surface area (Å²) in [5, 5.41) is 0. The van der Waals surface area contributed by atoms with Crippen molar-refractivity contribution in [3.63, 3.8) is 0 Å². The van der Waals surface area contributed by atoms with Gasteiger partial charge in [-0.1, -0.05) is 50.2 Å². The summed E-state index contributed by atoms with van der Waals surface area (Å²) in [5.74, 6) is 0.649. The van der Waals surface area contributed by atoms with Gasteiger partial charge in [0.2, 0.25) is 0 Å². The quantitative estimate of drug-likeness (QED) is 0.433. The molecule has 1 saturated heterocycles. The minimum absolute atomic E-state index is 0.649. The van der Waals surface area contributed by atoms with E-state index in [0.717, 1.165) is 4.20 Å². The lowest BCUT2D eigenvalue weighted by atomic mass is 10.1. The molecule has 1 heterocycles. The summed E-state index contributed by atoms with van der Waals surface area (Å²) in [7, 11) is -0.818. The van der Waals surface area contributed by atoms with Gasteiger partial charge in [-0.2, -0.15) is 0 Å². The third-order valence-corrected chi connectivity index (χ3v) is 8.79. The van der Waals surface area contributed by atoms with Gasteiger partial charge < -0.3 is 0 Å². The molecule has 0 spiro atoms. The molecule has 0 nitrogen and oxygen atoms in total. The van der Waals surface area contributed by atoms with Crippen LogP contribution in [0.2, 0.25) is 24.7 Å². The molecule has 1 aliphatic rings. The Morgan fingerprint density at radius 3 is 2.38 bits per heavy atom. The predicted octanol–water partition coefficient (Wildman–Crippen LogP) is 4.14. The topological polar surface area (TPSA) is 0 Å². The van der Waals surface area contributed by atoms with Gasteiger partial charge in [0.05, 0.1) is 8.07 Å². The van der Waals surface area contributed by atoms with E-state index < -0.39 is 8.07 Å². The zero-order chi connectivity index (χ0) is 9.90. The van der Waals surface area contributed by atoms with Crippen LogP contribution in [0.25, 0.3) is 0 Å². The van der Waals surface area contributed by atoms with Crippen molar-refractivity contribution in [2.45, 2.75) is 50.9 Å². The first-order valence-electron chi connectivity index (χ1n) is 5.30. The van der Waals surface area contributed by atoms with Gasteiger partial charge in [0, 0.05) is 4.20 Å². The van der Waals surface area contributed by atoms with Gasteiger partial charge in [-0.3, -0.25) is 0 Å². The molecule has 0 atom stereocenters. The molecule has 3 heteroatoms. The summed E-state index contributed by atoms with van der Waals surface area (Å²) < 4.78 is 0.951. The van der Waals surface area contributed by atoms with Crippen molar-refractivity contribution in [3.8, 4) is 0 Å². The van der Waals surface area contributed by atoms with Gasteiger partial charge in [0.25, 0.3) is 0 Å². The number of rotatable bonds is 3. The van der Waals surface area contributed by atoms with E-state index in [1.165, 1.54) is 37.4 Å². The van der Waals surface area contributed by atoms with E-state index in [1.807, 2.05) is 0 Å². The fraction of sp³-hybridized carbons (Fsp3) is 0.900. The van der Waals surface area contributed by atoms with Gasteiger partial charge in [0.1, 0.15) is 0 Å². The Morgan fingerprint density at radius 2 is 2.00 bits per heavy atom. The number of hydrogen-bond donors (Lipinski definition) is 1. The van der Waals surface area contributed by atoms with Gasteiger partial charge in [0.15, 0.2) is 0 Å². The summed E-state index contributed by atoms with van der Waals surface area (Å²) in [6.45, 7) is 4.88. The SMILES string of the molecule is CCC[Si]1(C)CCC(C(=S)S)CC1. The largest absolute Gasteiger partial charge is 0.136 e. The lowest BCUT2D eigenvalue weighted by Gasteiger charge is -2.35. The molecule has 76 valence electrons. The molecule has 1 fully saturated rings. The molecule has 0 aromatic rings. The van der Waals surface area contributed by atoms with E-state index in [4.69, 9.17) is 12.2 Å². The first kappa shape index (κ1) is 11.7. The maximum atomic E-state index is 5.13. The van der Waals surface area contributed by atoms with Crippen molar-refractivity contribution in [2.24, 2.45) is 5.92 Å². The van der Waals surface area contributed by atoms with E-state index in [-0.39, 0.29) is 0 Å². The fourth-order valence-corrected chi connectivity index (χ4v) is 6.96. The molecule has 1 rings (SSSR count). The maximum absolute atomic E-state index is 5.13. The maximum Gasteiger partial charge on any atom is 0.0505 e. The van der Waals surface area contributed by atoms with Crippen LogP contribution in [0.3, 0.4) is 0 Å². The van der Waals surface area contributed by atoms with E-state index in [0.29, 0.717) is 5.92 Å². The lowest BCUT2D eigenvalue weighted by Crippen LogP contribution is -2.35. The average Bonchev–Trinajstić information content (AvgIpc) is 2.05. The normalized spacial score (nSPS) is 34.5. The number of thiol groups is 1. The Hall–Kier alpha value is 0.657. The molecule has 0 bridgehead atoms. The summed E-state index contributed by atoms with van der Waals surface area (Å²) in [6, 6.07) is 4.47. The van der Waals surface area contributed by atoms with E-state index >= 15 is 0 Å². The van der Waals surface area contributed by atoms with Crippen LogP contribution in [0.1, 0.15) is 26.2 Å². The van der Waals surface area contributed by atoms with Gasteiger partial charge >= 0.3 is 0 Å². The highest BCUT2D eigenvalue weighted by Crippen LogP contribution is 2.36. The molecule has 1 aliphatic heterocycles. The van der Waals surface area contributed by atoms with Crippen LogP contribution in [-0.2, 0) is 0 Å². The Labute approximate surface area is 93.9 Å². The predicted molar refractivity (Wildman–Crippen MR) is 70.6 cm³/mol. The van der Waals surface area contributed by atoms with Gasteiger partial charge in [-0.05, 0) is 18.8 Å². The van der Waals surface area contributed by atoms with Crippen molar-refractivity contribution < 1.29 is 0 Å². The summed E-state index contributed by atoms with van der Waals surface area (Å²) in [6.07, 6.45) is 4.02. The Bertz CT molecular complexity index is 183. The van der Waals surface area contributed by atoms with Crippen molar-refractivity contribution >= 4 is 37.1 Å². The second kappa shape index (κ2) is 4.94. The summed E-state index contributed by atoms with van der Waals surface area (Å²) in [4.78, 5) is 0. The summed E-state index contributed by atoms with van der Waals surface area (Å²) in [5.41, 5.74) is 0. The molecular formula is C10H20S2Si. The Kier molecular flexibility index (Phi) is 4.46. The second-order valence-corrected chi connectivity index (χ2v) is 11.0. The van der Waals surface area contributed by atoms with Crippen LogP contribution in [0.4, 0.5) is 0 Å². The molecule has 0 saturated carbocycles. The molecule has 0 unspecified atom stereocenters. The van der Waals surface area contributed by atoms with Crippen molar-refractivity contribution in [1.82, 2.24) is 0 Å². The van der Waals surface area contributed by atoms with Crippen molar-refractivity contribution in [2.75, 3.05) is 0 Å². The highest BCUT2D eigenvalue weighted by molar-refractivity contribution is 8.11. The van der Waals surface area contributed by atoms with Crippen molar-refractivity contribution in [3.05, 3.63) is 0 Å². The van der Waals surface area contributed by atoms with E-state index in [9.17, 15) is 0 Å². The standard InChI is InChI=1S/C10H20S2Si/c1-3-6-13(2)7-4-9(5-8-13)10(11)12/h9H,3-8H2,1-2H3,(H,11,12). The molecule has 0 aromatic carbocycles. The third-order valence-electron chi connectivity index (χ3n) is 3.40. The molecule has 13 heavy (non-hydrogen) atoms. The zero-order valence-electron chi connectivity index (χ0n) is 8.68. The molecule has 0 aliphatic carbocycles. The minimum Gasteiger partial charge on any atom is -0.136 e. The van der Waals surface area contributed by atoms with Gasteiger partial charge in [-0.15, -0.1) is 12.6 Å². The highest BCUT2D eigenvalue weighted by atomic mass is 32.1. The number of thiocarbonyl (C=S) groups is 1. The second-order valence-electron chi connectivity index (χ2n) is 4.67. The fourth-order valence-electron chi connectivity index (χ4n) is 2.42. The molecule has 0 amide bonds. The van der Waals surface area contributed by atoms with E-state index in [2.05, 4.69) is 26.1 Å². The average molecular weight is 232 g/mol. The van der Waals surface area contributed by atoms with Crippen molar-refractivity contribution in [1.29, 1.82) is 0 Å². The Balaban J connectivity index is 2.41. The highest BCUT2D eigenvalue weighted by Gasteiger charge is 2.32. The monoisotopic (exact) mass is 232 g/mol. The zero-order valence-corrected chi connectivity index (χ0v) is 11.4. The molecule has 0 radical (unpaired) electrons. The van der Waals surface area contributed by atoms with Crippen LogP contribution in [0.15, 0.2) is 0 Å². The molecular weight excluding hydrogens is 212 g/mol. The lowest BCUT2D eigenvalue weighted by molar-refractivity contribution is 0.609. The van der Waals surface area contributed by atoms with Crippen LogP contribution < -0.4 is 0 Å². The minimum atomic E-state index is -0.818. The first-order valence-corrected chi connectivity index (χ1v) is 9.28. The van der Waals surface area contributed by atoms with Gasteiger partial charge in [-0.25, -0.2) is 0 Å². The number of hydrogen-bond acceptors (Lipinski definition) is 1. The van der Waals surface area contributed by atoms with Crippen LogP contribution in [0, 0.1) is 5.92 Å². The third kappa shape index (κ3) is 3.37. The summed E-state index contributed by atoms with van der Waals surface area (Å²) >= 11 is 9.43. The molecule has 0 N–H and O–H groups in total. The van der Waals surface area contributed by atoms with Crippen LogP contribution >= 0.6 is 24.8 Å². The smallest absolute Gasteiger partial charge is 0.0505 e. The van der Waals surface area contributed by atoms with Crippen LogP contribution in [-0.4, -0.2) is 12.3 Å². The van der Waals surface area contributed by atoms with Crippen LogP contribution in [0.5, 0.6) is 0 Å². The molecule has 0 aromatic heterocycles. The Morgan fingerprint density at radius 1 is 1.46 bits per heavy atom. The van der Waals surface area contributed by atoms with E-state index in [1.54, 1.807) is 0 Å².